The first kappa shape index (κ1) is 11.3. The van der Waals surface area contributed by atoms with Crippen LogP contribution < -0.4 is 0 Å². The van der Waals surface area contributed by atoms with Crippen LogP contribution >= 0.6 is 0 Å². The number of rotatable bonds is 0. The summed E-state index contributed by atoms with van der Waals surface area (Å²) in [5.41, 5.74) is 0. The van der Waals surface area contributed by atoms with Gasteiger partial charge in [-0.05, 0) is 38.9 Å². The van der Waals surface area contributed by atoms with Gasteiger partial charge in [-0.15, -0.1) is 0 Å². The standard InChI is InChI=1S/C7H15N.C6H6/c1-7-3-5-8(2)6-4-7;1-2-4-6-5-3-1/h7H,3-6H2,1-2H3;1-6H. The Bertz CT molecular complexity index is 175. The Balaban J connectivity index is 0.000000146. The van der Waals surface area contributed by atoms with Gasteiger partial charge in [-0.2, -0.15) is 0 Å². The quantitative estimate of drug-likeness (QED) is 0.609. The molecule has 0 spiro atoms. The van der Waals surface area contributed by atoms with Crippen LogP contribution in [0.5, 0.6) is 0 Å². The summed E-state index contributed by atoms with van der Waals surface area (Å²) in [5.74, 6) is 0.978. The first-order chi connectivity index (χ1) is 6.79. The lowest BCUT2D eigenvalue weighted by Crippen LogP contribution is -2.28. The second-order valence-corrected chi connectivity index (χ2v) is 4.14. The van der Waals surface area contributed by atoms with Gasteiger partial charge in [-0.3, -0.25) is 0 Å². The molecule has 0 amide bonds. The van der Waals surface area contributed by atoms with Crippen LogP contribution in [-0.2, 0) is 0 Å². The minimum absolute atomic E-state index is 0.978. The van der Waals surface area contributed by atoms with E-state index < -0.39 is 0 Å². The molecular weight excluding hydrogens is 170 g/mol. The number of hydrogen-bond acceptors (Lipinski definition) is 1. The molecule has 1 nitrogen and oxygen atoms in total. The van der Waals surface area contributed by atoms with Crippen molar-refractivity contribution in [1.29, 1.82) is 0 Å². The second-order valence-electron chi connectivity index (χ2n) is 4.14. The molecule has 14 heavy (non-hydrogen) atoms. The van der Waals surface area contributed by atoms with Gasteiger partial charge >= 0.3 is 0 Å². The molecule has 1 aliphatic rings. The van der Waals surface area contributed by atoms with Crippen molar-refractivity contribution in [3.05, 3.63) is 36.4 Å². The van der Waals surface area contributed by atoms with E-state index in [1.807, 2.05) is 36.4 Å². The van der Waals surface area contributed by atoms with Gasteiger partial charge in [0.25, 0.3) is 0 Å². The fourth-order valence-electron chi connectivity index (χ4n) is 1.52. The third-order valence-corrected chi connectivity index (χ3v) is 2.67. The zero-order valence-corrected chi connectivity index (χ0v) is 9.32. The van der Waals surface area contributed by atoms with Gasteiger partial charge in [0.05, 0.1) is 0 Å². The molecule has 1 aliphatic heterocycles. The predicted molar refractivity (Wildman–Crippen MR) is 62.3 cm³/mol. The van der Waals surface area contributed by atoms with Crippen LogP contribution in [-0.4, -0.2) is 25.0 Å². The van der Waals surface area contributed by atoms with Crippen molar-refractivity contribution in [3.63, 3.8) is 0 Å². The summed E-state index contributed by atoms with van der Waals surface area (Å²) in [5, 5.41) is 0. The van der Waals surface area contributed by atoms with E-state index in [1.165, 1.54) is 25.9 Å². The van der Waals surface area contributed by atoms with Crippen molar-refractivity contribution in [1.82, 2.24) is 4.90 Å². The van der Waals surface area contributed by atoms with Gasteiger partial charge in [-0.1, -0.05) is 43.3 Å². The average Bonchev–Trinajstić information content (AvgIpc) is 2.26. The van der Waals surface area contributed by atoms with E-state index in [0.29, 0.717) is 0 Å². The number of nitrogens with zero attached hydrogens (tertiary/aromatic N) is 1. The van der Waals surface area contributed by atoms with Gasteiger partial charge < -0.3 is 4.90 Å². The summed E-state index contributed by atoms with van der Waals surface area (Å²) in [6.45, 7) is 4.95. The number of benzene rings is 1. The van der Waals surface area contributed by atoms with E-state index in [9.17, 15) is 0 Å². The fourth-order valence-corrected chi connectivity index (χ4v) is 1.52. The Kier molecular flexibility index (Phi) is 5.31. The molecule has 1 aromatic rings. The minimum Gasteiger partial charge on any atom is -0.306 e. The lowest BCUT2D eigenvalue weighted by molar-refractivity contribution is 0.230. The van der Waals surface area contributed by atoms with E-state index in [1.54, 1.807) is 0 Å². The van der Waals surface area contributed by atoms with Crippen LogP contribution in [0.4, 0.5) is 0 Å². The van der Waals surface area contributed by atoms with Gasteiger partial charge in [0.1, 0.15) is 0 Å². The first-order valence-electron chi connectivity index (χ1n) is 5.47. The van der Waals surface area contributed by atoms with Crippen molar-refractivity contribution < 1.29 is 0 Å². The second kappa shape index (κ2) is 6.61. The first-order valence-corrected chi connectivity index (χ1v) is 5.47. The summed E-state index contributed by atoms with van der Waals surface area (Å²) < 4.78 is 0. The number of likely N-dealkylation sites (tertiary alicyclic amines) is 1. The molecule has 1 fully saturated rings. The molecule has 1 saturated heterocycles. The van der Waals surface area contributed by atoms with E-state index in [2.05, 4.69) is 18.9 Å². The van der Waals surface area contributed by atoms with Crippen molar-refractivity contribution in [2.75, 3.05) is 20.1 Å². The lowest BCUT2D eigenvalue weighted by Gasteiger charge is -2.26. The van der Waals surface area contributed by atoms with E-state index in [0.717, 1.165) is 5.92 Å². The van der Waals surface area contributed by atoms with Gasteiger partial charge in [-0.25, -0.2) is 0 Å². The minimum atomic E-state index is 0.978. The highest BCUT2D eigenvalue weighted by atomic mass is 15.1. The van der Waals surface area contributed by atoms with Crippen molar-refractivity contribution in [2.24, 2.45) is 5.92 Å². The van der Waals surface area contributed by atoms with Crippen molar-refractivity contribution >= 4 is 0 Å². The molecule has 0 aliphatic carbocycles. The largest absolute Gasteiger partial charge is 0.306 e. The molecule has 0 unspecified atom stereocenters. The topological polar surface area (TPSA) is 3.24 Å². The number of piperidine rings is 1. The molecule has 0 saturated carbocycles. The van der Waals surface area contributed by atoms with Gasteiger partial charge in [0, 0.05) is 0 Å². The summed E-state index contributed by atoms with van der Waals surface area (Å²) >= 11 is 0. The Labute approximate surface area is 87.7 Å². The van der Waals surface area contributed by atoms with Gasteiger partial charge in [0.15, 0.2) is 0 Å². The predicted octanol–water partition coefficient (Wildman–Crippen LogP) is 3.03. The summed E-state index contributed by atoms with van der Waals surface area (Å²) in [7, 11) is 2.20. The molecule has 0 atom stereocenters. The molecule has 0 N–H and O–H groups in total. The van der Waals surface area contributed by atoms with Crippen LogP contribution in [0.1, 0.15) is 19.8 Å². The Morgan fingerprint density at radius 2 is 1.21 bits per heavy atom. The molecular formula is C13H21N. The summed E-state index contributed by atoms with van der Waals surface area (Å²) in [4.78, 5) is 2.40. The summed E-state index contributed by atoms with van der Waals surface area (Å²) in [6.07, 6.45) is 2.80. The lowest BCUT2D eigenvalue weighted by atomic mass is 10.00. The monoisotopic (exact) mass is 191 g/mol. The third kappa shape index (κ3) is 5.03. The Morgan fingerprint density at radius 3 is 1.50 bits per heavy atom. The van der Waals surface area contributed by atoms with Crippen LogP contribution in [0, 0.1) is 5.92 Å². The Hall–Kier alpha value is -0.820. The Morgan fingerprint density at radius 1 is 0.857 bits per heavy atom. The van der Waals surface area contributed by atoms with Crippen LogP contribution in [0.25, 0.3) is 0 Å². The highest BCUT2D eigenvalue weighted by molar-refractivity contribution is 4.99. The fraction of sp³-hybridized carbons (Fsp3) is 0.538. The molecule has 0 aromatic heterocycles. The normalized spacial score (nSPS) is 18.4. The zero-order chi connectivity index (χ0) is 10.2. The van der Waals surface area contributed by atoms with E-state index >= 15 is 0 Å². The maximum absolute atomic E-state index is 2.40. The maximum atomic E-state index is 2.40. The molecule has 1 heterocycles. The van der Waals surface area contributed by atoms with Crippen molar-refractivity contribution in [2.45, 2.75) is 19.8 Å². The average molecular weight is 191 g/mol. The highest BCUT2D eigenvalue weighted by Gasteiger charge is 2.10. The van der Waals surface area contributed by atoms with E-state index in [4.69, 9.17) is 0 Å². The third-order valence-electron chi connectivity index (χ3n) is 2.67. The van der Waals surface area contributed by atoms with E-state index in [-0.39, 0.29) is 0 Å². The maximum Gasteiger partial charge on any atom is -0.00192 e. The summed E-state index contributed by atoms with van der Waals surface area (Å²) in [6, 6.07) is 12.0. The molecule has 1 aromatic carbocycles. The van der Waals surface area contributed by atoms with Crippen molar-refractivity contribution in [3.8, 4) is 0 Å². The highest BCUT2D eigenvalue weighted by Crippen LogP contribution is 2.13. The smallest absolute Gasteiger partial charge is 0.00192 e. The van der Waals surface area contributed by atoms with Gasteiger partial charge in [0.2, 0.25) is 0 Å². The zero-order valence-electron chi connectivity index (χ0n) is 9.32. The number of hydrogen-bond donors (Lipinski definition) is 0. The SMILES string of the molecule is CC1CCN(C)CC1.c1ccccc1. The van der Waals surface area contributed by atoms with Crippen LogP contribution in [0.15, 0.2) is 36.4 Å². The molecule has 0 bridgehead atoms. The molecule has 0 radical (unpaired) electrons. The van der Waals surface area contributed by atoms with Crippen LogP contribution in [0.3, 0.4) is 0 Å². The molecule has 78 valence electrons. The molecule has 1 heteroatoms. The van der Waals surface area contributed by atoms with Crippen LogP contribution in [0.2, 0.25) is 0 Å². The molecule has 2 rings (SSSR count).